The van der Waals surface area contributed by atoms with Crippen LogP contribution in [-0.2, 0) is 15.8 Å². The predicted molar refractivity (Wildman–Crippen MR) is 112 cm³/mol. The maximum absolute atomic E-state index is 13.0. The number of carbonyl (C=O) groups excluding carboxylic acids is 2. The van der Waals surface area contributed by atoms with Crippen LogP contribution in [0.3, 0.4) is 0 Å². The maximum atomic E-state index is 13.0. The average molecular weight is 490 g/mol. The van der Waals surface area contributed by atoms with E-state index in [0.29, 0.717) is 25.9 Å². The smallest absolute Gasteiger partial charge is 0.342 e. The first-order valence-corrected chi connectivity index (χ1v) is 11.2. The third-order valence-electron chi connectivity index (χ3n) is 6.09. The molecule has 5 nitrogen and oxygen atoms in total. The summed E-state index contributed by atoms with van der Waals surface area (Å²) < 4.78 is 39.0. The van der Waals surface area contributed by atoms with Crippen molar-refractivity contribution in [3.63, 3.8) is 0 Å². The van der Waals surface area contributed by atoms with E-state index < -0.39 is 11.7 Å². The standard InChI is InChI=1S/C21H27BrF3N3O2/c22-17-6-5-14(12-16(17)21(23,24)25)27-19(29)11-13-7-9-28(10-8-13)20(30)15-3-1-2-4-18(15)26/h5-6,12-13,15,18H,1-4,7-11,26H2,(H,27,29)/t15-,18-/m1/s1. The molecule has 3 N–H and O–H groups in total. The molecular weight excluding hydrogens is 463 g/mol. The van der Waals surface area contributed by atoms with E-state index in [1.54, 1.807) is 0 Å². The van der Waals surface area contributed by atoms with Crippen LogP contribution >= 0.6 is 15.9 Å². The van der Waals surface area contributed by atoms with Crippen LogP contribution in [0.15, 0.2) is 22.7 Å². The van der Waals surface area contributed by atoms with Crippen molar-refractivity contribution in [3.8, 4) is 0 Å². The Labute approximate surface area is 182 Å². The van der Waals surface area contributed by atoms with Gasteiger partial charge in [-0.1, -0.05) is 28.8 Å². The number of halogens is 4. The van der Waals surface area contributed by atoms with Gasteiger partial charge in [-0.05, 0) is 49.8 Å². The van der Waals surface area contributed by atoms with Crippen LogP contribution in [0.25, 0.3) is 0 Å². The number of nitrogens with two attached hydrogens (primary N) is 1. The number of amides is 2. The molecule has 1 aliphatic carbocycles. The normalized spacial score (nSPS) is 23.3. The van der Waals surface area contributed by atoms with E-state index in [4.69, 9.17) is 5.73 Å². The molecule has 166 valence electrons. The lowest BCUT2D eigenvalue weighted by Gasteiger charge is -2.37. The number of rotatable bonds is 4. The summed E-state index contributed by atoms with van der Waals surface area (Å²) in [6, 6.07) is 3.57. The Bertz CT molecular complexity index is 779. The maximum Gasteiger partial charge on any atom is 0.417 e. The highest BCUT2D eigenvalue weighted by Gasteiger charge is 2.34. The molecule has 2 atom stereocenters. The van der Waals surface area contributed by atoms with Gasteiger partial charge >= 0.3 is 6.18 Å². The SMILES string of the molecule is N[C@@H]1CCCC[C@H]1C(=O)N1CCC(CC(=O)Nc2ccc(Br)c(C(F)(F)F)c2)CC1. The molecule has 3 rings (SSSR count). The summed E-state index contributed by atoms with van der Waals surface area (Å²) in [6.45, 7) is 1.19. The van der Waals surface area contributed by atoms with Gasteiger partial charge in [0.2, 0.25) is 11.8 Å². The molecule has 1 aromatic rings. The van der Waals surface area contributed by atoms with Crippen LogP contribution < -0.4 is 11.1 Å². The molecule has 0 aromatic heterocycles. The lowest BCUT2D eigenvalue weighted by atomic mass is 9.83. The molecule has 0 spiro atoms. The average Bonchev–Trinajstić information content (AvgIpc) is 2.69. The molecule has 1 saturated heterocycles. The highest BCUT2D eigenvalue weighted by molar-refractivity contribution is 9.10. The zero-order valence-electron chi connectivity index (χ0n) is 16.7. The Hall–Kier alpha value is -1.61. The molecule has 1 aliphatic heterocycles. The minimum Gasteiger partial charge on any atom is -0.342 e. The van der Waals surface area contributed by atoms with E-state index in [1.807, 2.05) is 4.90 Å². The molecule has 2 fully saturated rings. The van der Waals surface area contributed by atoms with Crippen molar-refractivity contribution in [1.82, 2.24) is 4.90 Å². The van der Waals surface area contributed by atoms with E-state index in [9.17, 15) is 22.8 Å². The predicted octanol–water partition coefficient (Wildman–Crippen LogP) is 4.55. The van der Waals surface area contributed by atoms with Gasteiger partial charge in [0, 0.05) is 35.7 Å². The van der Waals surface area contributed by atoms with Crippen molar-refractivity contribution >= 4 is 33.4 Å². The van der Waals surface area contributed by atoms with Gasteiger partial charge in [0.15, 0.2) is 0 Å². The summed E-state index contributed by atoms with van der Waals surface area (Å²) in [5, 5.41) is 2.56. The zero-order valence-corrected chi connectivity index (χ0v) is 18.3. The number of hydrogen-bond acceptors (Lipinski definition) is 3. The number of piperidine rings is 1. The lowest BCUT2D eigenvalue weighted by Crippen LogP contribution is -2.48. The number of benzene rings is 1. The fraction of sp³-hybridized carbons (Fsp3) is 0.619. The van der Waals surface area contributed by atoms with Crippen molar-refractivity contribution in [1.29, 1.82) is 0 Å². The molecule has 9 heteroatoms. The van der Waals surface area contributed by atoms with Crippen LogP contribution in [0.1, 0.15) is 50.5 Å². The highest BCUT2D eigenvalue weighted by atomic mass is 79.9. The van der Waals surface area contributed by atoms with Crippen molar-refractivity contribution in [2.24, 2.45) is 17.6 Å². The molecule has 1 aromatic carbocycles. The first-order valence-electron chi connectivity index (χ1n) is 10.4. The number of alkyl halides is 3. The van der Waals surface area contributed by atoms with Crippen LogP contribution in [-0.4, -0.2) is 35.8 Å². The second-order valence-electron chi connectivity index (χ2n) is 8.27. The van der Waals surface area contributed by atoms with E-state index in [0.717, 1.165) is 31.7 Å². The van der Waals surface area contributed by atoms with Gasteiger partial charge in [-0.3, -0.25) is 9.59 Å². The van der Waals surface area contributed by atoms with Crippen LogP contribution in [0, 0.1) is 11.8 Å². The van der Waals surface area contributed by atoms with Crippen molar-refractivity contribution in [2.75, 3.05) is 18.4 Å². The van der Waals surface area contributed by atoms with Gasteiger partial charge in [0.1, 0.15) is 0 Å². The summed E-state index contributed by atoms with van der Waals surface area (Å²) in [4.78, 5) is 26.9. The second-order valence-corrected chi connectivity index (χ2v) is 9.12. The second kappa shape index (κ2) is 9.68. The van der Waals surface area contributed by atoms with Crippen LogP contribution in [0.2, 0.25) is 0 Å². The van der Waals surface area contributed by atoms with Gasteiger partial charge in [-0.2, -0.15) is 13.2 Å². The number of carbonyl (C=O) groups is 2. The van der Waals surface area contributed by atoms with Gasteiger partial charge in [0.25, 0.3) is 0 Å². The monoisotopic (exact) mass is 489 g/mol. The van der Waals surface area contributed by atoms with Gasteiger partial charge in [0.05, 0.1) is 11.5 Å². The molecule has 2 aliphatic rings. The van der Waals surface area contributed by atoms with Crippen LogP contribution in [0.4, 0.5) is 18.9 Å². The first kappa shape index (κ1) is 23.1. The van der Waals surface area contributed by atoms with Gasteiger partial charge < -0.3 is 16.0 Å². The summed E-state index contributed by atoms with van der Waals surface area (Å²) in [5.41, 5.74) is 5.42. The molecular formula is C21H27BrF3N3O2. The largest absolute Gasteiger partial charge is 0.417 e. The minimum absolute atomic E-state index is 0.0669. The molecule has 0 bridgehead atoms. The summed E-state index contributed by atoms with van der Waals surface area (Å²) >= 11 is 2.89. The van der Waals surface area contributed by atoms with E-state index >= 15 is 0 Å². The number of hydrogen-bond donors (Lipinski definition) is 2. The number of nitrogens with zero attached hydrogens (tertiary/aromatic N) is 1. The van der Waals surface area contributed by atoms with Crippen molar-refractivity contribution in [3.05, 3.63) is 28.2 Å². The molecule has 2 amide bonds. The Morgan fingerprint density at radius 1 is 1.13 bits per heavy atom. The van der Waals surface area contributed by atoms with Crippen molar-refractivity contribution in [2.45, 2.75) is 57.2 Å². The zero-order chi connectivity index (χ0) is 21.9. The third-order valence-corrected chi connectivity index (χ3v) is 6.78. The van der Waals surface area contributed by atoms with E-state index in [1.165, 1.54) is 12.1 Å². The van der Waals surface area contributed by atoms with Gasteiger partial charge in [-0.15, -0.1) is 0 Å². The van der Waals surface area contributed by atoms with Gasteiger partial charge in [-0.25, -0.2) is 0 Å². The minimum atomic E-state index is -4.50. The Balaban J connectivity index is 1.49. The number of anilines is 1. The Morgan fingerprint density at radius 3 is 2.43 bits per heavy atom. The topological polar surface area (TPSA) is 75.4 Å². The number of nitrogens with one attached hydrogen (secondary N) is 1. The van der Waals surface area contributed by atoms with E-state index in [2.05, 4.69) is 21.2 Å². The first-order chi connectivity index (χ1) is 14.1. The Kier molecular flexibility index (Phi) is 7.44. The molecule has 0 radical (unpaired) electrons. The van der Waals surface area contributed by atoms with E-state index in [-0.39, 0.29) is 46.3 Å². The molecule has 1 saturated carbocycles. The number of likely N-dealkylation sites (tertiary alicyclic amines) is 1. The fourth-order valence-electron chi connectivity index (χ4n) is 4.35. The fourth-order valence-corrected chi connectivity index (χ4v) is 4.82. The lowest BCUT2D eigenvalue weighted by molar-refractivity contribution is -0.139. The highest BCUT2D eigenvalue weighted by Crippen LogP contribution is 2.36. The summed E-state index contributed by atoms with van der Waals surface area (Å²) in [7, 11) is 0. The van der Waals surface area contributed by atoms with Crippen LogP contribution in [0.5, 0.6) is 0 Å². The summed E-state index contributed by atoms with van der Waals surface area (Å²) in [6.07, 6.45) is 0.971. The quantitative estimate of drug-likeness (QED) is 0.651. The molecule has 1 heterocycles. The Morgan fingerprint density at radius 2 is 1.80 bits per heavy atom. The molecule has 0 unspecified atom stereocenters. The third kappa shape index (κ3) is 5.75. The van der Waals surface area contributed by atoms with Crippen molar-refractivity contribution < 1.29 is 22.8 Å². The molecule has 30 heavy (non-hydrogen) atoms. The summed E-state index contributed by atoms with van der Waals surface area (Å²) in [5.74, 6) is -0.186.